The quantitative estimate of drug-likeness (QED) is 0.479. The molecule has 0 bridgehead atoms. The van der Waals surface area contributed by atoms with Crippen LogP contribution < -0.4 is 10.9 Å². The molecule has 12 heteroatoms. The van der Waals surface area contributed by atoms with E-state index >= 15 is 0 Å². The molecule has 0 fully saturated rings. The molecule has 3 aromatic rings. The lowest BCUT2D eigenvalue weighted by Crippen LogP contribution is -2.46. The maximum atomic E-state index is 13.8. The van der Waals surface area contributed by atoms with Gasteiger partial charge in [0.05, 0.1) is 29.4 Å². The minimum Gasteiger partial charge on any atom is -0.464 e. The summed E-state index contributed by atoms with van der Waals surface area (Å²) in [5.74, 6) is -0.312. The Hall–Kier alpha value is -3.37. The monoisotopic (exact) mass is 532 g/mol. The molecular formula is C24H26Cl2N6O4. The van der Waals surface area contributed by atoms with Crippen LogP contribution in [0.1, 0.15) is 58.4 Å². The highest BCUT2D eigenvalue weighted by molar-refractivity contribution is 6.42. The average molecular weight is 533 g/mol. The first-order valence-corrected chi connectivity index (χ1v) is 12.1. The molecule has 10 nitrogen and oxygen atoms in total. The summed E-state index contributed by atoms with van der Waals surface area (Å²) in [4.78, 5) is 45.6. The molecule has 0 aliphatic carbocycles. The highest BCUT2D eigenvalue weighted by Gasteiger charge is 2.33. The van der Waals surface area contributed by atoms with E-state index in [2.05, 4.69) is 15.5 Å². The number of carbonyl (C=O) groups excluding carboxylic acids is 2. The maximum Gasteiger partial charge on any atom is 0.356 e. The van der Waals surface area contributed by atoms with Crippen LogP contribution in [0.25, 0.3) is 5.82 Å². The Morgan fingerprint density at radius 3 is 2.61 bits per heavy atom. The number of carbonyl (C=O) groups is 2. The minimum absolute atomic E-state index is 0.0583. The average Bonchev–Trinajstić information content (AvgIpc) is 3.20. The first-order chi connectivity index (χ1) is 17.0. The van der Waals surface area contributed by atoms with Gasteiger partial charge in [-0.05, 0) is 52.3 Å². The van der Waals surface area contributed by atoms with E-state index in [4.69, 9.17) is 32.9 Å². The van der Waals surface area contributed by atoms with Gasteiger partial charge in [-0.1, -0.05) is 23.2 Å². The number of nitrogens with zero attached hydrogens (tertiary/aromatic N) is 4. The molecule has 0 saturated carbocycles. The summed E-state index contributed by atoms with van der Waals surface area (Å²) in [7, 11) is 1.27. The van der Waals surface area contributed by atoms with Gasteiger partial charge in [0, 0.05) is 28.8 Å². The number of rotatable bonds is 5. The second kappa shape index (κ2) is 9.94. The van der Waals surface area contributed by atoms with Crippen LogP contribution in [0, 0.1) is 6.92 Å². The largest absolute Gasteiger partial charge is 0.464 e. The fraction of sp³-hybridized carbons (Fsp3) is 0.375. The Morgan fingerprint density at radius 2 is 1.97 bits per heavy atom. The first-order valence-electron chi connectivity index (χ1n) is 11.3. The molecule has 1 aromatic carbocycles. The topological polar surface area (TPSA) is 122 Å². The molecule has 36 heavy (non-hydrogen) atoms. The zero-order valence-electron chi connectivity index (χ0n) is 20.5. The molecule has 1 atom stereocenters. The van der Waals surface area contributed by atoms with Gasteiger partial charge in [0.1, 0.15) is 5.69 Å². The van der Waals surface area contributed by atoms with E-state index in [1.165, 1.54) is 17.7 Å². The Morgan fingerprint density at radius 1 is 1.25 bits per heavy atom. The number of hydrogen-bond acceptors (Lipinski definition) is 7. The number of amides is 1. The molecular weight excluding hydrogens is 507 g/mol. The summed E-state index contributed by atoms with van der Waals surface area (Å²) >= 11 is 12.1. The van der Waals surface area contributed by atoms with Gasteiger partial charge in [0.15, 0.2) is 5.82 Å². The normalized spacial score (nSPS) is 15.1. The van der Waals surface area contributed by atoms with Crippen LogP contribution in [0.15, 0.2) is 23.0 Å². The number of halogens is 2. The molecule has 0 saturated heterocycles. The van der Waals surface area contributed by atoms with Crippen molar-refractivity contribution in [2.45, 2.75) is 52.7 Å². The van der Waals surface area contributed by atoms with Crippen molar-refractivity contribution >= 4 is 41.0 Å². The number of aromatic amines is 1. The third-order valence-electron chi connectivity index (χ3n) is 6.04. The molecule has 1 amide bonds. The standard InChI is InChI=1S/C24H26Cl2N6O4/c1-11(2)27-24-28-18-10-31(21(33)14-6-7-16(25)17(26)9-14)12(3)8-15(18)22(34)32(24)20-13(4)19(29-30-20)23(35)36-5/h6-7,9,11-12H,8,10H2,1-5H3,(H,27,28)(H,29,30)/t12-/m1/s1. The number of esters is 1. The maximum absolute atomic E-state index is 13.8. The van der Waals surface area contributed by atoms with Crippen molar-refractivity contribution in [2.75, 3.05) is 12.4 Å². The zero-order valence-corrected chi connectivity index (χ0v) is 22.0. The number of fused-ring (bicyclic) bond motifs is 1. The molecule has 2 aromatic heterocycles. The summed E-state index contributed by atoms with van der Waals surface area (Å²) in [6.45, 7) is 7.52. The number of nitrogens with one attached hydrogen (secondary N) is 2. The molecule has 3 heterocycles. The van der Waals surface area contributed by atoms with E-state index in [0.29, 0.717) is 33.8 Å². The minimum atomic E-state index is -0.589. The number of hydrogen-bond donors (Lipinski definition) is 2. The van der Waals surface area contributed by atoms with Gasteiger partial charge in [-0.2, -0.15) is 5.10 Å². The van der Waals surface area contributed by atoms with Crippen molar-refractivity contribution in [3.8, 4) is 5.82 Å². The van der Waals surface area contributed by atoms with Gasteiger partial charge >= 0.3 is 5.97 Å². The van der Waals surface area contributed by atoms with Gasteiger partial charge < -0.3 is 15.0 Å². The molecule has 1 aliphatic heterocycles. The van der Waals surface area contributed by atoms with E-state index < -0.39 is 5.97 Å². The highest BCUT2D eigenvalue weighted by Crippen LogP contribution is 2.28. The van der Waals surface area contributed by atoms with Crippen molar-refractivity contribution in [3.63, 3.8) is 0 Å². The van der Waals surface area contributed by atoms with Crippen LogP contribution in [0.2, 0.25) is 10.0 Å². The summed E-state index contributed by atoms with van der Waals surface area (Å²) in [5.41, 5.74) is 1.67. The third-order valence-corrected chi connectivity index (χ3v) is 6.78. The number of ether oxygens (including phenoxy) is 1. The van der Waals surface area contributed by atoms with Crippen molar-refractivity contribution in [2.24, 2.45) is 0 Å². The second-order valence-corrected chi connectivity index (χ2v) is 9.77. The molecule has 0 spiro atoms. The lowest BCUT2D eigenvalue weighted by atomic mass is 9.98. The molecule has 1 aliphatic rings. The molecule has 4 rings (SSSR count). The summed E-state index contributed by atoms with van der Waals surface area (Å²) < 4.78 is 6.16. The van der Waals surface area contributed by atoms with E-state index in [-0.39, 0.29) is 52.6 Å². The second-order valence-electron chi connectivity index (χ2n) is 8.95. The number of H-pyrrole nitrogens is 1. The highest BCUT2D eigenvalue weighted by atomic mass is 35.5. The molecule has 0 unspecified atom stereocenters. The van der Waals surface area contributed by atoms with Crippen LogP contribution >= 0.6 is 23.2 Å². The third kappa shape index (κ3) is 4.58. The van der Waals surface area contributed by atoms with E-state index in [1.807, 2.05) is 20.8 Å². The number of methoxy groups -OCH3 is 1. The van der Waals surface area contributed by atoms with Gasteiger partial charge in [0.25, 0.3) is 11.5 Å². The summed E-state index contributed by atoms with van der Waals surface area (Å²) in [6, 6.07) is 4.39. The molecule has 2 N–H and O–H groups in total. The van der Waals surface area contributed by atoms with Gasteiger partial charge in [-0.25, -0.2) is 14.3 Å². The predicted octanol–water partition coefficient (Wildman–Crippen LogP) is 3.76. The fourth-order valence-corrected chi connectivity index (χ4v) is 4.48. The summed E-state index contributed by atoms with van der Waals surface area (Å²) in [5, 5.41) is 10.7. The lowest BCUT2D eigenvalue weighted by molar-refractivity contribution is 0.0592. The SMILES string of the molecule is COC(=O)c1[nH]nc(-n2c(NC(C)C)nc3c(c2=O)C[C@@H](C)N(C(=O)c2ccc(Cl)c(Cl)c2)C3)c1C. The predicted molar refractivity (Wildman–Crippen MR) is 136 cm³/mol. The van der Waals surface area contributed by atoms with Crippen LogP contribution in [-0.2, 0) is 17.7 Å². The number of benzene rings is 1. The smallest absolute Gasteiger partial charge is 0.356 e. The lowest BCUT2D eigenvalue weighted by Gasteiger charge is -2.34. The van der Waals surface area contributed by atoms with Crippen molar-refractivity contribution < 1.29 is 14.3 Å². The fourth-order valence-electron chi connectivity index (χ4n) is 4.18. The Bertz CT molecular complexity index is 1410. The molecule has 0 radical (unpaired) electrons. The van der Waals surface area contributed by atoms with Crippen molar-refractivity contribution in [1.29, 1.82) is 0 Å². The van der Waals surface area contributed by atoms with Gasteiger partial charge in [-0.3, -0.25) is 14.7 Å². The summed E-state index contributed by atoms with van der Waals surface area (Å²) in [6.07, 6.45) is 0.295. The van der Waals surface area contributed by atoms with E-state index in [1.54, 1.807) is 24.0 Å². The van der Waals surface area contributed by atoms with Gasteiger partial charge in [-0.15, -0.1) is 0 Å². The number of anilines is 1. The number of aromatic nitrogens is 4. The van der Waals surface area contributed by atoms with Gasteiger partial charge in [0.2, 0.25) is 5.95 Å². The van der Waals surface area contributed by atoms with Crippen molar-refractivity contribution in [1.82, 2.24) is 24.6 Å². The van der Waals surface area contributed by atoms with E-state index in [9.17, 15) is 14.4 Å². The zero-order chi connectivity index (χ0) is 26.3. The first kappa shape index (κ1) is 25.7. The Balaban J connectivity index is 1.80. The van der Waals surface area contributed by atoms with Crippen LogP contribution in [0.4, 0.5) is 5.95 Å². The van der Waals surface area contributed by atoms with Crippen LogP contribution in [-0.4, -0.2) is 55.7 Å². The molecule has 190 valence electrons. The van der Waals surface area contributed by atoms with Crippen molar-refractivity contribution in [3.05, 3.63) is 66.7 Å². The Labute approximate surface area is 217 Å². The Kier molecular flexibility index (Phi) is 7.10. The van der Waals surface area contributed by atoms with E-state index in [0.717, 1.165) is 0 Å². The van der Waals surface area contributed by atoms with Crippen LogP contribution in [0.5, 0.6) is 0 Å². The van der Waals surface area contributed by atoms with Crippen LogP contribution in [0.3, 0.4) is 0 Å².